The molecule has 2 aromatic carbocycles. The number of β-amino-alcohol motifs (C(OH)–C–C–N with tert-alkyl or cyclic N) is 1. The Labute approximate surface area is 213 Å². The number of nitrogens with one attached hydrogen (secondary N) is 1. The number of carbonyl (C=O) groups is 1. The molecule has 0 saturated carbocycles. The number of hydrogen-bond donors (Lipinski definition) is 3. The maximum Gasteiger partial charge on any atom is 0.415 e. The Morgan fingerprint density at radius 2 is 2.08 bits per heavy atom. The van der Waals surface area contributed by atoms with Crippen LogP contribution in [0, 0.1) is 0 Å². The Morgan fingerprint density at radius 3 is 2.78 bits per heavy atom. The lowest BCUT2D eigenvalue weighted by molar-refractivity contribution is 0.0628. The van der Waals surface area contributed by atoms with Crippen molar-refractivity contribution in [1.29, 1.82) is 0 Å². The summed E-state index contributed by atoms with van der Waals surface area (Å²) in [4.78, 5) is 29.4. The molecule has 0 aliphatic carbocycles. The van der Waals surface area contributed by atoms with E-state index in [1.165, 1.54) is 17.0 Å². The number of likely N-dealkylation sites (N-methyl/N-ethyl adjacent to an activating group) is 3. The standard InChI is InChI=1S/C26H30ClN3O6/c1-28-9-11-30(3)26(34)36-22-13-19(32)24-18(31)12-21(15-6-4-5-7-17(15)27)35-25(24)23(22)16-8-10-29(2)14-20(16)33/h4-7,12-13,16,20,28,32-33H,8-11,14H2,1-3H3. The number of ether oxygens (including phenoxy) is 1. The quantitative estimate of drug-likeness (QED) is 0.458. The van der Waals surface area contributed by atoms with E-state index >= 15 is 0 Å². The van der Waals surface area contributed by atoms with E-state index in [1.54, 1.807) is 38.4 Å². The molecule has 1 fully saturated rings. The first-order valence-electron chi connectivity index (χ1n) is 11.7. The second-order valence-corrected chi connectivity index (χ2v) is 9.49. The van der Waals surface area contributed by atoms with Gasteiger partial charge in [-0.2, -0.15) is 0 Å². The van der Waals surface area contributed by atoms with Gasteiger partial charge in [0, 0.05) is 55.9 Å². The summed E-state index contributed by atoms with van der Waals surface area (Å²) in [6.45, 7) is 2.02. The molecular weight excluding hydrogens is 486 g/mol. The number of amides is 1. The Hall–Kier alpha value is -3.11. The van der Waals surface area contributed by atoms with Gasteiger partial charge in [-0.15, -0.1) is 0 Å². The third-order valence-electron chi connectivity index (χ3n) is 6.48. The van der Waals surface area contributed by atoms with Crippen LogP contribution in [0.3, 0.4) is 0 Å². The van der Waals surface area contributed by atoms with Crippen LogP contribution in [0.4, 0.5) is 4.79 Å². The lowest BCUT2D eigenvalue weighted by atomic mass is 9.85. The van der Waals surface area contributed by atoms with Crippen LogP contribution in [-0.4, -0.2) is 79.5 Å². The van der Waals surface area contributed by atoms with Crippen molar-refractivity contribution in [3.05, 3.63) is 57.2 Å². The maximum absolute atomic E-state index is 13.2. The molecule has 2 unspecified atom stereocenters. The zero-order chi connectivity index (χ0) is 26.0. The second-order valence-electron chi connectivity index (χ2n) is 9.08. The average molecular weight is 516 g/mol. The molecule has 1 amide bonds. The number of phenols is 1. The van der Waals surface area contributed by atoms with Crippen molar-refractivity contribution >= 4 is 28.7 Å². The van der Waals surface area contributed by atoms with Gasteiger partial charge in [0.15, 0.2) is 5.43 Å². The lowest BCUT2D eigenvalue weighted by Gasteiger charge is -2.34. The molecule has 4 rings (SSSR count). The van der Waals surface area contributed by atoms with Crippen LogP contribution in [0.1, 0.15) is 17.9 Å². The fraction of sp³-hybridized carbons (Fsp3) is 0.385. The number of aliphatic hydroxyl groups is 1. The van der Waals surface area contributed by atoms with Crippen molar-refractivity contribution in [3.63, 3.8) is 0 Å². The predicted octanol–water partition coefficient (Wildman–Crippen LogP) is 3.25. The molecule has 36 heavy (non-hydrogen) atoms. The van der Waals surface area contributed by atoms with E-state index in [2.05, 4.69) is 5.32 Å². The number of aliphatic hydroxyl groups excluding tert-OH is 1. The number of piperidine rings is 1. The smallest absolute Gasteiger partial charge is 0.415 e. The molecule has 1 aliphatic rings. The van der Waals surface area contributed by atoms with E-state index in [-0.39, 0.29) is 28.2 Å². The second kappa shape index (κ2) is 10.9. The summed E-state index contributed by atoms with van der Waals surface area (Å²) in [5.41, 5.74) is 0.453. The van der Waals surface area contributed by atoms with Gasteiger partial charge in [-0.25, -0.2) is 4.79 Å². The topological polar surface area (TPSA) is 115 Å². The molecule has 1 saturated heterocycles. The Balaban J connectivity index is 1.93. The van der Waals surface area contributed by atoms with Crippen molar-refractivity contribution in [3.8, 4) is 22.8 Å². The van der Waals surface area contributed by atoms with Gasteiger partial charge in [-0.05, 0) is 39.2 Å². The fourth-order valence-electron chi connectivity index (χ4n) is 4.51. The van der Waals surface area contributed by atoms with Crippen LogP contribution >= 0.6 is 11.6 Å². The van der Waals surface area contributed by atoms with Crippen LogP contribution in [-0.2, 0) is 0 Å². The van der Waals surface area contributed by atoms with E-state index < -0.39 is 23.5 Å². The summed E-state index contributed by atoms with van der Waals surface area (Å²) < 4.78 is 11.9. The van der Waals surface area contributed by atoms with Crippen LogP contribution in [0.15, 0.2) is 45.6 Å². The number of aromatic hydroxyl groups is 1. The van der Waals surface area contributed by atoms with Gasteiger partial charge in [-0.1, -0.05) is 23.7 Å². The highest BCUT2D eigenvalue weighted by molar-refractivity contribution is 6.33. The number of nitrogens with zero attached hydrogens (tertiary/aromatic N) is 2. The fourth-order valence-corrected chi connectivity index (χ4v) is 4.74. The molecular formula is C26H30ClN3O6. The molecule has 0 radical (unpaired) electrons. The van der Waals surface area contributed by atoms with E-state index in [0.717, 1.165) is 0 Å². The van der Waals surface area contributed by atoms with Crippen LogP contribution in [0.2, 0.25) is 5.02 Å². The van der Waals surface area contributed by atoms with Gasteiger partial charge in [0.1, 0.15) is 28.2 Å². The van der Waals surface area contributed by atoms with Crippen molar-refractivity contribution in [2.45, 2.75) is 18.4 Å². The molecule has 2 atom stereocenters. The SMILES string of the molecule is CNCCN(C)C(=O)Oc1cc(O)c2c(=O)cc(-c3ccccc3Cl)oc2c1C1CCN(C)CC1O. The van der Waals surface area contributed by atoms with Gasteiger partial charge >= 0.3 is 6.09 Å². The summed E-state index contributed by atoms with van der Waals surface area (Å²) in [6, 6.07) is 9.45. The number of rotatable bonds is 6. The molecule has 1 aliphatic heterocycles. The van der Waals surface area contributed by atoms with E-state index in [4.69, 9.17) is 20.8 Å². The van der Waals surface area contributed by atoms with Crippen molar-refractivity contribution in [2.75, 3.05) is 47.3 Å². The molecule has 192 valence electrons. The molecule has 10 heteroatoms. The van der Waals surface area contributed by atoms with Crippen LogP contribution in [0.25, 0.3) is 22.3 Å². The number of hydrogen-bond acceptors (Lipinski definition) is 8. The van der Waals surface area contributed by atoms with Crippen molar-refractivity contribution < 1.29 is 24.2 Å². The minimum Gasteiger partial charge on any atom is -0.507 e. The van der Waals surface area contributed by atoms with Crippen LogP contribution in [0.5, 0.6) is 11.5 Å². The first-order valence-corrected chi connectivity index (χ1v) is 12.1. The molecule has 0 bridgehead atoms. The van der Waals surface area contributed by atoms with E-state index in [0.29, 0.717) is 48.7 Å². The number of phenolic OH excluding ortho intramolecular Hbond substituents is 1. The predicted molar refractivity (Wildman–Crippen MR) is 138 cm³/mol. The molecule has 3 aromatic rings. The van der Waals surface area contributed by atoms with Gasteiger partial charge in [-0.3, -0.25) is 4.79 Å². The Bertz CT molecular complexity index is 1330. The average Bonchev–Trinajstić information content (AvgIpc) is 2.83. The van der Waals surface area contributed by atoms with Gasteiger partial charge in [0.05, 0.1) is 11.1 Å². The molecule has 0 spiro atoms. The minimum atomic E-state index is -0.815. The Kier molecular flexibility index (Phi) is 7.85. The largest absolute Gasteiger partial charge is 0.507 e. The van der Waals surface area contributed by atoms with Gasteiger partial charge in [0.2, 0.25) is 0 Å². The number of halogens is 1. The zero-order valence-corrected chi connectivity index (χ0v) is 21.2. The maximum atomic E-state index is 13.2. The molecule has 3 N–H and O–H groups in total. The molecule has 1 aromatic heterocycles. The highest BCUT2D eigenvalue weighted by Crippen LogP contribution is 2.43. The summed E-state index contributed by atoms with van der Waals surface area (Å²) in [6.07, 6.45) is -0.930. The summed E-state index contributed by atoms with van der Waals surface area (Å²) in [5.74, 6) is -0.638. The van der Waals surface area contributed by atoms with Crippen LogP contribution < -0.4 is 15.5 Å². The first kappa shape index (κ1) is 26.0. The number of carbonyl (C=O) groups excluding carboxylic acids is 1. The van der Waals surface area contributed by atoms with Gasteiger partial charge in [0.25, 0.3) is 0 Å². The minimum absolute atomic E-state index is 0.0365. The molecule has 9 nitrogen and oxygen atoms in total. The van der Waals surface area contributed by atoms with E-state index in [9.17, 15) is 19.8 Å². The first-order chi connectivity index (χ1) is 17.2. The van der Waals surface area contributed by atoms with E-state index in [1.807, 2.05) is 11.9 Å². The normalized spacial score (nSPS) is 18.4. The molecule has 2 heterocycles. The third kappa shape index (κ3) is 5.19. The summed E-state index contributed by atoms with van der Waals surface area (Å²) >= 11 is 6.36. The van der Waals surface area contributed by atoms with Gasteiger partial charge < -0.3 is 34.5 Å². The Morgan fingerprint density at radius 1 is 1.33 bits per heavy atom. The number of benzene rings is 2. The lowest BCUT2D eigenvalue weighted by Crippen LogP contribution is -2.41. The summed E-state index contributed by atoms with van der Waals surface area (Å²) in [7, 11) is 5.28. The monoisotopic (exact) mass is 515 g/mol. The number of likely N-dealkylation sites (tertiary alicyclic amines) is 1. The summed E-state index contributed by atoms with van der Waals surface area (Å²) in [5, 5.41) is 25.1. The third-order valence-corrected chi connectivity index (χ3v) is 6.81. The zero-order valence-electron chi connectivity index (χ0n) is 20.5. The highest BCUT2D eigenvalue weighted by Gasteiger charge is 2.34. The number of fused-ring (bicyclic) bond motifs is 1. The highest BCUT2D eigenvalue weighted by atomic mass is 35.5. The van der Waals surface area contributed by atoms with Crippen molar-refractivity contribution in [2.24, 2.45) is 0 Å². The van der Waals surface area contributed by atoms with Crippen molar-refractivity contribution in [1.82, 2.24) is 15.1 Å².